The quantitative estimate of drug-likeness (QED) is 0.771. The molecule has 3 heteroatoms. The van der Waals surface area contributed by atoms with Gasteiger partial charge in [0.15, 0.2) is 11.5 Å². The Labute approximate surface area is 113 Å². The highest BCUT2D eigenvalue weighted by Crippen LogP contribution is 2.35. The monoisotopic (exact) mass is 260 g/mol. The maximum Gasteiger partial charge on any atom is 0.197 e. The molecule has 0 amide bonds. The third-order valence-electron chi connectivity index (χ3n) is 3.23. The van der Waals surface area contributed by atoms with E-state index in [1.54, 1.807) is 13.2 Å². The van der Waals surface area contributed by atoms with Gasteiger partial charge in [0.25, 0.3) is 0 Å². The van der Waals surface area contributed by atoms with Crippen molar-refractivity contribution in [3.05, 3.63) is 29.5 Å². The van der Waals surface area contributed by atoms with Crippen molar-refractivity contribution in [1.82, 2.24) is 0 Å². The Balaban J connectivity index is 2.72. The summed E-state index contributed by atoms with van der Waals surface area (Å²) in [6.07, 6.45) is 0.446. The lowest BCUT2D eigenvalue weighted by Crippen LogP contribution is -2.11. The Morgan fingerprint density at radius 3 is 2.47 bits per heavy atom. The van der Waals surface area contributed by atoms with E-state index in [0.717, 1.165) is 22.3 Å². The van der Waals surface area contributed by atoms with Gasteiger partial charge in [-0.05, 0) is 23.6 Å². The Hall–Kier alpha value is -1.77. The Bertz CT molecular complexity index is 615. The van der Waals surface area contributed by atoms with Crippen molar-refractivity contribution in [2.24, 2.45) is 0 Å². The Morgan fingerprint density at radius 2 is 1.95 bits per heavy atom. The molecule has 2 aromatic rings. The van der Waals surface area contributed by atoms with E-state index >= 15 is 0 Å². The average Bonchev–Trinajstić information content (AvgIpc) is 2.78. The standard InChI is InChI=1S/C16H20O3/c1-6-13(17)14-8-10-7-11(18-5)9-12(15(10)19-14)16(2,3)4/h7-9H,6H2,1-5H3. The fourth-order valence-corrected chi connectivity index (χ4v) is 2.11. The van der Waals surface area contributed by atoms with Gasteiger partial charge in [-0.15, -0.1) is 0 Å². The summed E-state index contributed by atoms with van der Waals surface area (Å²) in [4.78, 5) is 11.8. The van der Waals surface area contributed by atoms with Crippen LogP contribution in [0, 0.1) is 0 Å². The fourth-order valence-electron chi connectivity index (χ4n) is 2.11. The van der Waals surface area contributed by atoms with Crippen molar-refractivity contribution in [2.45, 2.75) is 39.5 Å². The highest BCUT2D eigenvalue weighted by atomic mass is 16.5. The van der Waals surface area contributed by atoms with Crippen LogP contribution in [0.5, 0.6) is 5.75 Å². The van der Waals surface area contributed by atoms with Crippen molar-refractivity contribution < 1.29 is 13.9 Å². The Morgan fingerprint density at radius 1 is 1.26 bits per heavy atom. The second-order valence-corrected chi connectivity index (χ2v) is 5.73. The molecule has 19 heavy (non-hydrogen) atoms. The molecular formula is C16H20O3. The summed E-state index contributed by atoms with van der Waals surface area (Å²) < 4.78 is 11.1. The zero-order valence-electron chi connectivity index (χ0n) is 12.2. The molecule has 0 atom stereocenters. The lowest BCUT2D eigenvalue weighted by Gasteiger charge is -2.20. The number of rotatable bonds is 3. The molecule has 3 nitrogen and oxygen atoms in total. The highest BCUT2D eigenvalue weighted by molar-refractivity contribution is 5.98. The van der Waals surface area contributed by atoms with Gasteiger partial charge in [-0.2, -0.15) is 0 Å². The van der Waals surface area contributed by atoms with E-state index in [0.29, 0.717) is 12.2 Å². The summed E-state index contributed by atoms with van der Waals surface area (Å²) in [6, 6.07) is 5.69. The smallest absolute Gasteiger partial charge is 0.197 e. The van der Waals surface area contributed by atoms with Gasteiger partial charge in [-0.3, -0.25) is 4.79 Å². The lowest BCUT2D eigenvalue weighted by atomic mass is 9.86. The summed E-state index contributed by atoms with van der Waals surface area (Å²) in [5.74, 6) is 1.24. The molecule has 1 aromatic carbocycles. The van der Waals surface area contributed by atoms with E-state index in [9.17, 15) is 4.79 Å². The number of furan rings is 1. The maximum atomic E-state index is 11.8. The minimum atomic E-state index is -0.0722. The first-order chi connectivity index (χ1) is 8.86. The fraction of sp³-hybridized carbons (Fsp3) is 0.438. The summed E-state index contributed by atoms with van der Waals surface area (Å²) in [5.41, 5.74) is 1.76. The minimum absolute atomic E-state index is 0.0232. The molecule has 1 heterocycles. The van der Waals surface area contributed by atoms with Crippen LogP contribution in [0.1, 0.15) is 50.2 Å². The van der Waals surface area contributed by atoms with Crippen LogP contribution in [-0.2, 0) is 5.41 Å². The second kappa shape index (κ2) is 4.72. The van der Waals surface area contributed by atoms with Crippen LogP contribution in [0.15, 0.2) is 22.6 Å². The topological polar surface area (TPSA) is 39.4 Å². The second-order valence-electron chi connectivity index (χ2n) is 5.73. The molecule has 1 aromatic heterocycles. The normalized spacial score (nSPS) is 11.8. The molecule has 2 rings (SSSR count). The SMILES string of the molecule is CCC(=O)c1cc2cc(OC)cc(C(C)(C)C)c2o1. The molecular weight excluding hydrogens is 240 g/mol. The van der Waals surface area contributed by atoms with Crippen LogP contribution in [0.4, 0.5) is 0 Å². The van der Waals surface area contributed by atoms with E-state index in [2.05, 4.69) is 20.8 Å². The Kier molecular flexibility index (Phi) is 3.40. The number of fused-ring (bicyclic) bond motifs is 1. The van der Waals surface area contributed by atoms with Crippen LogP contribution >= 0.6 is 0 Å². The van der Waals surface area contributed by atoms with Gasteiger partial charge in [-0.25, -0.2) is 0 Å². The molecule has 0 fully saturated rings. The van der Waals surface area contributed by atoms with E-state index < -0.39 is 0 Å². The predicted molar refractivity (Wildman–Crippen MR) is 76.1 cm³/mol. The van der Waals surface area contributed by atoms with Crippen LogP contribution in [-0.4, -0.2) is 12.9 Å². The molecule has 0 aliphatic heterocycles. The summed E-state index contributed by atoms with van der Waals surface area (Å²) in [5, 5.41) is 0.918. The number of Topliss-reactive ketones (excluding diaryl/α,β-unsaturated/α-hetero) is 1. The summed E-state index contributed by atoms with van der Waals surface area (Å²) in [7, 11) is 1.64. The van der Waals surface area contributed by atoms with Gasteiger partial charge in [0.05, 0.1) is 7.11 Å². The summed E-state index contributed by atoms with van der Waals surface area (Å²) >= 11 is 0. The van der Waals surface area contributed by atoms with Crippen LogP contribution < -0.4 is 4.74 Å². The molecule has 0 aliphatic carbocycles. The molecule has 0 unspecified atom stereocenters. The predicted octanol–water partition coefficient (Wildman–Crippen LogP) is 4.33. The number of methoxy groups -OCH3 is 1. The van der Waals surface area contributed by atoms with Crippen LogP contribution in [0.3, 0.4) is 0 Å². The van der Waals surface area contributed by atoms with Crippen molar-refractivity contribution in [2.75, 3.05) is 7.11 Å². The van der Waals surface area contributed by atoms with Gasteiger partial charge < -0.3 is 9.15 Å². The number of ketones is 1. The van der Waals surface area contributed by atoms with Crippen LogP contribution in [0.2, 0.25) is 0 Å². The first-order valence-corrected chi connectivity index (χ1v) is 6.52. The molecule has 0 radical (unpaired) electrons. The lowest BCUT2D eigenvalue weighted by molar-refractivity contribution is 0.0963. The molecule has 0 N–H and O–H groups in total. The van der Waals surface area contributed by atoms with Gasteiger partial charge in [0, 0.05) is 17.4 Å². The first-order valence-electron chi connectivity index (χ1n) is 6.52. The van der Waals surface area contributed by atoms with Crippen LogP contribution in [0.25, 0.3) is 11.0 Å². The number of ether oxygens (including phenoxy) is 1. The van der Waals surface area contributed by atoms with Gasteiger partial charge in [0.2, 0.25) is 0 Å². The molecule has 0 saturated heterocycles. The number of carbonyl (C=O) groups excluding carboxylic acids is 1. The zero-order valence-corrected chi connectivity index (χ0v) is 12.2. The third-order valence-corrected chi connectivity index (χ3v) is 3.23. The van der Waals surface area contributed by atoms with E-state index in [-0.39, 0.29) is 11.2 Å². The maximum absolute atomic E-state index is 11.8. The minimum Gasteiger partial charge on any atom is -0.497 e. The van der Waals surface area contributed by atoms with Crippen molar-refractivity contribution in [3.63, 3.8) is 0 Å². The number of hydrogen-bond acceptors (Lipinski definition) is 3. The van der Waals surface area contributed by atoms with Crippen molar-refractivity contribution in [1.29, 1.82) is 0 Å². The van der Waals surface area contributed by atoms with E-state index in [1.165, 1.54) is 0 Å². The van der Waals surface area contributed by atoms with E-state index in [4.69, 9.17) is 9.15 Å². The van der Waals surface area contributed by atoms with Gasteiger partial charge in [-0.1, -0.05) is 27.7 Å². The molecule has 0 saturated carbocycles. The van der Waals surface area contributed by atoms with Crippen molar-refractivity contribution >= 4 is 16.8 Å². The molecule has 0 bridgehead atoms. The van der Waals surface area contributed by atoms with Gasteiger partial charge >= 0.3 is 0 Å². The average molecular weight is 260 g/mol. The first kappa shape index (κ1) is 13.7. The largest absolute Gasteiger partial charge is 0.497 e. The summed E-state index contributed by atoms with van der Waals surface area (Å²) in [6.45, 7) is 8.18. The zero-order chi connectivity index (χ0) is 14.2. The third kappa shape index (κ3) is 2.50. The van der Waals surface area contributed by atoms with Gasteiger partial charge in [0.1, 0.15) is 11.3 Å². The molecule has 0 aliphatic rings. The number of hydrogen-bond donors (Lipinski definition) is 0. The van der Waals surface area contributed by atoms with E-state index in [1.807, 2.05) is 19.1 Å². The number of benzene rings is 1. The molecule has 102 valence electrons. The molecule has 0 spiro atoms. The highest BCUT2D eigenvalue weighted by Gasteiger charge is 2.22. The number of carbonyl (C=O) groups is 1. The van der Waals surface area contributed by atoms with Crippen molar-refractivity contribution in [3.8, 4) is 5.75 Å².